The van der Waals surface area contributed by atoms with E-state index in [9.17, 15) is 27.6 Å². The summed E-state index contributed by atoms with van der Waals surface area (Å²) in [4.78, 5) is 48.0. The number of halogens is 4. The quantitative estimate of drug-likeness (QED) is 0.356. The Kier molecular flexibility index (Phi) is 10.8. The van der Waals surface area contributed by atoms with Crippen molar-refractivity contribution in [3.8, 4) is 0 Å². The molecule has 2 aromatic rings. The van der Waals surface area contributed by atoms with Crippen molar-refractivity contribution in [1.82, 2.24) is 19.6 Å². The van der Waals surface area contributed by atoms with Gasteiger partial charge in [-0.3, -0.25) is 4.79 Å². The molecule has 0 bridgehead atoms. The molecule has 266 valence electrons. The third-order valence-corrected chi connectivity index (χ3v) is 10.7. The first-order valence-electron chi connectivity index (χ1n) is 17.3. The molecule has 14 heteroatoms. The van der Waals surface area contributed by atoms with E-state index in [4.69, 9.17) is 22.1 Å². The number of fused-ring (bicyclic) bond motifs is 1. The van der Waals surface area contributed by atoms with Gasteiger partial charge in [-0.25, -0.2) is 9.59 Å². The van der Waals surface area contributed by atoms with Crippen LogP contribution in [0.2, 0.25) is 5.02 Å². The lowest BCUT2D eigenvalue weighted by Gasteiger charge is -2.41. The minimum atomic E-state index is -4.76. The molecule has 4 heterocycles. The first kappa shape index (κ1) is 35.1. The van der Waals surface area contributed by atoms with Crippen LogP contribution < -0.4 is 11.1 Å². The Labute approximate surface area is 289 Å². The standard InChI is InChI=1S/C35H44ClF3N6O4/c36-28-21-23(20-27(31(28)40)35(37,38)39)22-30(32(46)43-15-9-25(10-16-43)42-13-4-1-5-14-42)49-34(48)44-17-11-26(12-18-44)45-19-8-24-6-2-3-7-29(24)41-33(45)47/h2-3,6-7,20-21,25-26,30H,1,4-5,8-19,22,40H2,(H,41,47)/t30-/m1/s1. The molecule has 2 aromatic carbocycles. The fraction of sp³-hybridized carbons (Fsp3) is 0.571. The number of carbonyl (C=O) groups is 3. The van der Waals surface area contributed by atoms with Gasteiger partial charge in [-0.05, 0) is 87.4 Å². The first-order valence-corrected chi connectivity index (χ1v) is 17.6. The van der Waals surface area contributed by atoms with E-state index in [1.165, 1.54) is 17.4 Å². The highest BCUT2D eigenvalue weighted by molar-refractivity contribution is 6.33. The lowest BCUT2D eigenvalue weighted by Crippen LogP contribution is -2.53. The highest BCUT2D eigenvalue weighted by Gasteiger charge is 2.38. The van der Waals surface area contributed by atoms with Gasteiger partial charge in [-0.1, -0.05) is 36.2 Å². The molecule has 4 aliphatic rings. The zero-order chi connectivity index (χ0) is 34.7. The molecule has 0 unspecified atom stereocenters. The number of anilines is 2. The maximum Gasteiger partial charge on any atom is 0.418 e. The van der Waals surface area contributed by atoms with Gasteiger partial charge < -0.3 is 35.4 Å². The monoisotopic (exact) mass is 704 g/mol. The van der Waals surface area contributed by atoms with E-state index in [0.717, 1.165) is 56.1 Å². The summed E-state index contributed by atoms with van der Waals surface area (Å²) in [5, 5.41) is 2.70. The number of nitrogens with two attached hydrogens (primary N) is 1. The van der Waals surface area contributed by atoms with Crippen LogP contribution in [0.15, 0.2) is 36.4 Å². The van der Waals surface area contributed by atoms with Crippen molar-refractivity contribution in [1.29, 1.82) is 0 Å². The zero-order valence-electron chi connectivity index (χ0n) is 27.5. The van der Waals surface area contributed by atoms with Crippen LogP contribution in [0.3, 0.4) is 0 Å². The Morgan fingerprint density at radius 1 is 0.918 bits per heavy atom. The Morgan fingerprint density at radius 2 is 1.57 bits per heavy atom. The van der Waals surface area contributed by atoms with Crippen LogP contribution in [0.5, 0.6) is 0 Å². The molecule has 0 aliphatic carbocycles. The molecule has 0 aromatic heterocycles. The summed E-state index contributed by atoms with van der Waals surface area (Å²) in [6.07, 6.45) is -0.254. The van der Waals surface area contributed by atoms with E-state index in [1.807, 2.05) is 29.2 Å². The van der Waals surface area contributed by atoms with Gasteiger partial charge in [-0.2, -0.15) is 13.2 Å². The lowest BCUT2D eigenvalue weighted by molar-refractivity contribution is -0.142. The van der Waals surface area contributed by atoms with Gasteiger partial charge in [0.05, 0.1) is 16.3 Å². The number of alkyl halides is 3. The molecule has 3 N–H and O–H groups in total. The number of para-hydroxylation sites is 1. The molecule has 4 amide bonds. The smallest absolute Gasteiger partial charge is 0.418 e. The van der Waals surface area contributed by atoms with Crippen LogP contribution in [-0.2, 0) is 28.5 Å². The van der Waals surface area contributed by atoms with Gasteiger partial charge in [0.15, 0.2) is 6.10 Å². The number of hydrogen-bond donors (Lipinski definition) is 2. The summed E-state index contributed by atoms with van der Waals surface area (Å²) in [5.41, 5.74) is 5.91. The van der Waals surface area contributed by atoms with Gasteiger partial charge in [0.25, 0.3) is 5.91 Å². The summed E-state index contributed by atoms with van der Waals surface area (Å²) in [6.45, 7) is 4.18. The van der Waals surface area contributed by atoms with Crippen molar-refractivity contribution in [3.63, 3.8) is 0 Å². The van der Waals surface area contributed by atoms with E-state index in [1.54, 1.807) is 4.90 Å². The van der Waals surface area contributed by atoms with Crippen molar-refractivity contribution in [3.05, 3.63) is 58.1 Å². The summed E-state index contributed by atoms with van der Waals surface area (Å²) in [5.74, 6) is -0.442. The van der Waals surface area contributed by atoms with Crippen molar-refractivity contribution < 1.29 is 32.3 Å². The second kappa shape index (κ2) is 15.0. The Balaban J connectivity index is 1.12. The van der Waals surface area contributed by atoms with Crippen LogP contribution in [0.25, 0.3) is 0 Å². The summed E-state index contributed by atoms with van der Waals surface area (Å²) < 4.78 is 47.2. The van der Waals surface area contributed by atoms with Crippen LogP contribution in [0.4, 0.5) is 34.1 Å². The van der Waals surface area contributed by atoms with Gasteiger partial charge in [-0.15, -0.1) is 0 Å². The first-order chi connectivity index (χ1) is 23.5. The summed E-state index contributed by atoms with van der Waals surface area (Å²) in [6, 6.07) is 9.96. The van der Waals surface area contributed by atoms with Crippen molar-refractivity contribution >= 4 is 41.0 Å². The average molecular weight is 705 g/mol. The molecule has 0 spiro atoms. The molecule has 3 saturated heterocycles. The number of nitrogens with zero attached hydrogens (tertiary/aromatic N) is 4. The predicted molar refractivity (Wildman–Crippen MR) is 180 cm³/mol. The normalized spacial score (nSPS) is 20.7. The average Bonchev–Trinajstić information content (AvgIpc) is 3.27. The topological polar surface area (TPSA) is 111 Å². The largest absolute Gasteiger partial charge is 0.436 e. The van der Waals surface area contributed by atoms with E-state index < -0.39 is 35.5 Å². The second-order valence-electron chi connectivity index (χ2n) is 13.5. The maximum absolute atomic E-state index is 13.9. The number of urea groups is 1. The van der Waals surface area contributed by atoms with Gasteiger partial charge >= 0.3 is 18.3 Å². The molecule has 3 fully saturated rings. The van der Waals surface area contributed by atoms with Gasteiger partial charge in [0.1, 0.15) is 0 Å². The third-order valence-electron chi connectivity index (χ3n) is 10.4. The maximum atomic E-state index is 13.9. The number of hydrogen-bond acceptors (Lipinski definition) is 6. The van der Waals surface area contributed by atoms with Crippen molar-refractivity contribution in [2.45, 2.75) is 82.2 Å². The number of likely N-dealkylation sites (tertiary alicyclic amines) is 3. The molecular formula is C35H44ClF3N6O4. The predicted octanol–water partition coefficient (Wildman–Crippen LogP) is 6.02. The molecule has 4 aliphatic heterocycles. The molecule has 0 saturated carbocycles. The SMILES string of the molecule is Nc1c(Cl)cc(C[C@@H](OC(=O)N2CCC(N3CCc4ccccc4NC3=O)CC2)C(=O)N2CCC(N3CCCCC3)CC2)cc1C(F)(F)F. The molecule has 1 atom stereocenters. The summed E-state index contributed by atoms with van der Waals surface area (Å²) in [7, 11) is 0. The van der Waals surface area contributed by atoms with E-state index in [2.05, 4.69) is 10.2 Å². The Bertz CT molecular complexity index is 1520. The van der Waals surface area contributed by atoms with Crippen LogP contribution in [-0.4, -0.2) is 102 Å². The Hall–Kier alpha value is -3.71. The van der Waals surface area contributed by atoms with Crippen molar-refractivity contribution in [2.75, 3.05) is 56.9 Å². The second-order valence-corrected chi connectivity index (χ2v) is 13.9. The number of nitrogens with one attached hydrogen (secondary N) is 1. The van der Waals surface area contributed by atoms with Gasteiger partial charge in [0, 0.05) is 56.9 Å². The van der Waals surface area contributed by atoms with Crippen LogP contribution in [0.1, 0.15) is 61.6 Å². The minimum Gasteiger partial charge on any atom is -0.436 e. The minimum absolute atomic E-state index is 0.0882. The highest BCUT2D eigenvalue weighted by atomic mass is 35.5. The lowest BCUT2D eigenvalue weighted by atomic mass is 9.98. The number of amides is 4. The van der Waals surface area contributed by atoms with Gasteiger partial charge in [0.2, 0.25) is 0 Å². The van der Waals surface area contributed by atoms with Crippen molar-refractivity contribution in [2.24, 2.45) is 0 Å². The number of benzene rings is 2. The van der Waals surface area contributed by atoms with E-state index in [0.29, 0.717) is 58.0 Å². The third kappa shape index (κ3) is 8.20. The number of nitrogen functional groups attached to an aromatic ring is 1. The fourth-order valence-electron chi connectivity index (χ4n) is 7.65. The molecule has 10 nitrogen and oxygen atoms in total. The number of ether oxygens (including phenoxy) is 1. The highest BCUT2D eigenvalue weighted by Crippen LogP contribution is 2.38. The number of carbonyl (C=O) groups excluding carboxylic acids is 3. The molecule has 0 radical (unpaired) electrons. The molecule has 49 heavy (non-hydrogen) atoms. The van der Waals surface area contributed by atoms with E-state index >= 15 is 0 Å². The van der Waals surface area contributed by atoms with Crippen LogP contribution in [0, 0.1) is 0 Å². The fourth-order valence-corrected chi connectivity index (χ4v) is 7.89. The van der Waals surface area contributed by atoms with E-state index in [-0.39, 0.29) is 29.1 Å². The zero-order valence-corrected chi connectivity index (χ0v) is 28.3. The van der Waals surface area contributed by atoms with Crippen LogP contribution >= 0.6 is 11.6 Å². The molecule has 6 rings (SSSR count). The number of rotatable bonds is 6. The summed E-state index contributed by atoms with van der Waals surface area (Å²) >= 11 is 6.11. The Morgan fingerprint density at radius 3 is 2.27 bits per heavy atom. The molecular weight excluding hydrogens is 661 g/mol. The number of piperidine rings is 3.